The van der Waals surface area contributed by atoms with E-state index in [2.05, 4.69) is 5.10 Å². The number of anilines is 1. The molecule has 7 nitrogen and oxygen atoms in total. The number of nitrogen functional groups attached to an aromatic ring is 1. The molecule has 0 radical (unpaired) electrons. The van der Waals surface area contributed by atoms with Crippen molar-refractivity contribution in [3.05, 3.63) is 76.5 Å². The van der Waals surface area contributed by atoms with Crippen LogP contribution in [0.2, 0.25) is 0 Å². The van der Waals surface area contributed by atoms with Crippen molar-refractivity contribution >= 4 is 17.6 Å². The molecule has 2 aromatic carbocycles. The van der Waals surface area contributed by atoms with E-state index in [1.807, 2.05) is 6.07 Å². The summed E-state index contributed by atoms with van der Waals surface area (Å²) in [5.41, 5.74) is 8.31. The van der Waals surface area contributed by atoms with Crippen LogP contribution in [0.1, 0.15) is 37.4 Å². The lowest BCUT2D eigenvalue weighted by molar-refractivity contribution is 0.0696. The minimum Gasteiger partial charge on any atom is -0.478 e. The summed E-state index contributed by atoms with van der Waals surface area (Å²) in [6.45, 7) is 1.79. The van der Waals surface area contributed by atoms with Gasteiger partial charge in [-0.15, -0.1) is 0 Å². The predicted octanol–water partition coefficient (Wildman–Crippen LogP) is 2.56. The molecule has 7 heteroatoms. The number of carboxylic acid groups (broad SMARTS) is 1. The number of aryl methyl sites for hydroxylation is 1. The Bertz CT molecular complexity index is 1080. The van der Waals surface area contributed by atoms with Crippen molar-refractivity contribution in [3.8, 4) is 11.8 Å². The molecule has 0 aliphatic heterocycles. The van der Waals surface area contributed by atoms with Gasteiger partial charge in [-0.05, 0) is 36.8 Å². The number of aromatic nitrogens is 2. The van der Waals surface area contributed by atoms with Crippen LogP contribution in [0.15, 0.2) is 48.7 Å². The Kier molecular flexibility index (Phi) is 4.25. The Morgan fingerprint density at radius 3 is 2.65 bits per heavy atom. The molecule has 3 N–H and O–H groups in total. The number of benzene rings is 2. The summed E-state index contributed by atoms with van der Waals surface area (Å²) in [6.07, 6.45) is 1.34. The van der Waals surface area contributed by atoms with Gasteiger partial charge in [0, 0.05) is 5.56 Å². The Balaban J connectivity index is 2.06. The number of ketones is 1. The minimum absolute atomic E-state index is 0.0927. The van der Waals surface area contributed by atoms with Gasteiger partial charge in [-0.3, -0.25) is 4.79 Å². The van der Waals surface area contributed by atoms with Gasteiger partial charge < -0.3 is 10.8 Å². The summed E-state index contributed by atoms with van der Waals surface area (Å²) in [5.74, 6) is -1.33. The first-order valence-electron chi connectivity index (χ1n) is 7.65. The molecule has 0 bridgehead atoms. The quantitative estimate of drug-likeness (QED) is 0.700. The Morgan fingerprint density at radius 2 is 1.96 bits per heavy atom. The summed E-state index contributed by atoms with van der Waals surface area (Å²) in [7, 11) is 0. The Morgan fingerprint density at radius 1 is 1.19 bits per heavy atom. The van der Waals surface area contributed by atoms with Gasteiger partial charge in [0.25, 0.3) is 0 Å². The van der Waals surface area contributed by atoms with Gasteiger partial charge in [0.2, 0.25) is 0 Å². The number of rotatable bonds is 4. The second-order valence-corrected chi connectivity index (χ2v) is 5.68. The van der Waals surface area contributed by atoms with Crippen molar-refractivity contribution in [1.29, 1.82) is 5.26 Å². The number of nitrogens with two attached hydrogens (primary N) is 1. The van der Waals surface area contributed by atoms with Gasteiger partial charge in [-0.25, -0.2) is 9.48 Å². The van der Waals surface area contributed by atoms with Crippen LogP contribution in [0.3, 0.4) is 0 Å². The monoisotopic (exact) mass is 346 g/mol. The van der Waals surface area contributed by atoms with Crippen LogP contribution >= 0.6 is 0 Å². The van der Waals surface area contributed by atoms with E-state index in [0.717, 1.165) is 5.56 Å². The lowest BCUT2D eigenvalue weighted by Crippen LogP contribution is -2.09. The van der Waals surface area contributed by atoms with Crippen molar-refractivity contribution in [2.24, 2.45) is 0 Å². The van der Waals surface area contributed by atoms with E-state index in [4.69, 9.17) is 16.1 Å². The zero-order valence-corrected chi connectivity index (χ0v) is 13.8. The molecule has 3 rings (SSSR count). The van der Waals surface area contributed by atoms with E-state index in [-0.39, 0.29) is 22.7 Å². The van der Waals surface area contributed by atoms with Crippen LogP contribution in [-0.2, 0) is 0 Å². The summed E-state index contributed by atoms with van der Waals surface area (Å²) >= 11 is 0. The van der Waals surface area contributed by atoms with Gasteiger partial charge in [0.15, 0.2) is 5.78 Å². The lowest BCUT2D eigenvalue weighted by Gasteiger charge is -2.09. The highest BCUT2D eigenvalue weighted by Gasteiger charge is 2.19. The predicted molar refractivity (Wildman–Crippen MR) is 94.3 cm³/mol. The highest BCUT2D eigenvalue weighted by molar-refractivity contribution is 6.11. The van der Waals surface area contributed by atoms with Crippen LogP contribution in [0.4, 0.5) is 5.82 Å². The zero-order chi connectivity index (χ0) is 18.8. The molecular formula is C19H14N4O3. The number of aromatic carboxylic acids is 1. The second kappa shape index (κ2) is 6.53. The molecule has 0 spiro atoms. The average Bonchev–Trinajstić information content (AvgIpc) is 3.02. The number of hydrogen-bond acceptors (Lipinski definition) is 5. The average molecular weight is 346 g/mol. The molecule has 0 amide bonds. The van der Waals surface area contributed by atoms with E-state index in [1.165, 1.54) is 29.1 Å². The van der Waals surface area contributed by atoms with Crippen molar-refractivity contribution in [3.63, 3.8) is 0 Å². The van der Waals surface area contributed by atoms with Gasteiger partial charge >= 0.3 is 5.97 Å². The first-order chi connectivity index (χ1) is 12.4. The number of carbonyl (C=O) groups is 2. The maximum atomic E-state index is 12.7. The number of hydrogen-bond donors (Lipinski definition) is 2. The van der Waals surface area contributed by atoms with E-state index in [9.17, 15) is 9.59 Å². The number of carbonyl (C=O) groups excluding carboxylic acids is 1. The molecule has 1 aromatic heterocycles. The van der Waals surface area contributed by atoms with Gasteiger partial charge in [-0.1, -0.05) is 18.2 Å². The van der Waals surface area contributed by atoms with Crippen LogP contribution in [0.25, 0.3) is 5.69 Å². The highest BCUT2D eigenvalue weighted by atomic mass is 16.4. The third-order valence-corrected chi connectivity index (χ3v) is 3.99. The van der Waals surface area contributed by atoms with Crippen molar-refractivity contribution in [2.45, 2.75) is 6.92 Å². The molecule has 0 aliphatic carbocycles. The molecule has 0 fully saturated rings. The molecule has 26 heavy (non-hydrogen) atoms. The number of carboxylic acids is 1. The number of nitrogens with zero attached hydrogens (tertiary/aromatic N) is 3. The van der Waals surface area contributed by atoms with Crippen molar-refractivity contribution < 1.29 is 14.7 Å². The molecule has 3 aromatic rings. The zero-order valence-electron chi connectivity index (χ0n) is 13.8. The first kappa shape index (κ1) is 16.9. The third kappa shape index (κ3) is 2.91. The molecule has 128 valence electrons. The fourth-order valence-electron chi connectivity index (χ4n) is 2.58. The lowest BCUT2D eigenvalue weighted by atomic mass is 10.0. The van der Waals surface area contributed by atoms with E-state index < -0.39 is 5.97 Å². The van der Waals surface area contributed by atoms with E-state index in [1.54, 1.807) is 31.2 Å². The molecule has 0 aliphatic rings. The summed E-state index contributed by atoms with van der Waals surface area (Å²) in [4.78, 5) is 23.9. The maximum Gasteiger partial charge on any atom is 0.335 e. The smallest absolute Gasteiger partial charge is 0.335 e. The van der Waals surface area contributed by atoms with Crippen LogP contribution < -0.4 is 5.73 Å². The summed E-state index contributed by atoms with van der Waals surface area (Å²) in [5, 5.41) is 22.3. The minimum atomic E-state index is -1.07. The van der Waals surface area contributed by atoms with Crippen molar-refractivity contribution in [2.75, 3.05) is 5.73 Å². The topological polar surface area (TPSA) is 122 Å². The molecule has 1 heterocycles. The van der Waals surface area contributed by atoms with E-state index >= 15 is 0 Å². The fourth-order valence-corrected chi connectivity index (χ4v) is 2.58. The van der Waals surface area contributed by atoms with Crippen LogP contribution in [-0.4, -0.2) is 26.6 Å². The molecule has 0 unspecified atom stereocenters. The summed E-state index contributed by atoms with van der Waals surface area (Å²) < 4.78 is 1.34. The first-order valence-corrected chi connectivity index (χ1v) is 7.65. The largest absolute Gasteiger partial charge is 0.478 e. The number of nitriles is 1. The highest BCUT2D eigenvalue weighted by Crippen LogP contribution is 2.23. The fraction of sp³-hybridized carbons (Fsp3) is 0.0526. The van der Waals surface area contributed by atoms with Crippen LogP contribution in [0, 0.1) is 18.3 Å². The second-order valence-electron chi connectivity index (χ2n) is 5.68. The Labute approximate surface area is 148 Å². The Hall–Kier alpha value is -3.92. The van der Waals surface area contributed by atoms with Gasteiger partial charge in [0.05, 0.1) is 34.6 Å². The molecule has 0 saturated heterocycles. The molecule has 0 saturated carbocycles. The van der Waals surface area contributed by atoms with E-state index in [0.29, 0.717) is 16.8 Å². The normalized spacial score (nSPS) is 10.3. The van der Waals surface area contributed by atoms with Crippen LogP contribution in [0.5, 0.6) is 0 Å². The SMILES string of the molecule is Cc1ccc(C(=O)O)cc1-n1ncc(C(=O)c2cccc(C#N)c2)c1N. The summed E-state index contributed by atoms with van der Waals surface area (Å²) in [6, 6.07) is 12.9. The van der Waals surface area contributed by atoms with Gasteiger partial charge in [0.1, 0.15) is 5.82 Å². The maximum absolute atomic E-state index is 12.7. The van der Waals surface area contributed by atoms with Crippen molar-refractivity contribution in [1.82, 2.24) is 9.78 Å². The molecule has 0 atom stereocenters. The third-order valence-electron chi connectivity index (χ3n) is 3.99. The molecular weight excluding hydrogens is 332 g/mol. The standard InChI is InChI=1S/C19H14N4O3/c1-11-5-6-14(19(25)26)8-16(11)23-18(21)15(10-22-23)17(24)13-4-2-3-12(7-13)9-20/h2-8,10H,21H2,1H3,(H,25,26). The van der Waals surface area contributed by atoms with Gasteiger partial charge in [-0.2, -0.15) is 10.4 Å².